The zero-order valence-corrected chi connectivity index (χ0v) is 16.6. The van der Waals surface area contributed by atoms with Crippen molar-refractivity contribution < 1.29 is 18.4 Å². The summed E-state index contributed by atoms with van der Waals surface area (Å²) in [6, 6.07) is 15.1. The monoisotopic (exact) mass is 394 g/mol. The standard InChI is InChI=1S/C20H25F2N3OS/c1-4-14-5-7-15(8-6-14)18(25(2)3)13-23-20(27)24-16-9-11-17(12-10-16)26-19(21)22/h5-12,18-19H,4,13H2,1-3H3,(H2,23,24,27)/p+1/t18-/m0/s1. The average Bonchev–Trinajstić information content (AvgIpc) is 2.63. The molecule has 2 rings (SSSR count). The van der Waals surface area contributed by atoms with Gasteiger partial charge in [0.25, 0.3) is 0 Å². The fourth-order valence-corrected chi connectivity index (χ4v) is 2.93. The maximum atomic E-state index is 12.2. The molecular weight excluding hydrogens is 368 g/mol. The van der Waals surface area contributed by atoms with E-state index in [-0.39, 0.29) is 11.8 Å². The first-order chi connectivity index (χ1) is 12.9. The Morgan fingerprint density at radius 1 is 1.07 bits per heavy atom. The van der Waals surface area contributed by atoms with E-state index in [1.165, 1.54) is 28.2 Å². The van der Waals surface area contributed by atoms with Crippen molar-refractivity contribution in [3.8, 4) is 5.75 Å². The van der Waals surface area contributed by atoms with E-state index in [4.69, 9.17) is 12.2 Å². The molecule has 0 aromatic heterocycles. The van der Waals surface area contributed by atoms with E-state index >= 15 is 0 Å². The van der Waals surface area contributed by atoms with Gasteiger partial charge in [-0.3, -0.25) is 0 Å². The Bertz CT molecular complexity index is 721. The SMILES string of the molecule is CCc1ccc([C@H](CNC(=S)Nc2ccc(OC(F)F)cc2)[NH+](C)C)cc1. The predicted octanol–water partition coefficient (Wildman–Crippen LogP) is 3.02. The van der Waals surface area contributed by atoms with Gasteiger partial charge in [0, 0.05) is 11.3 Å². The number of aryl methyl sites for hydroxylation is 1. The summed E-state index contributed by atoms with van der Waals surface area (Å²) in [5, 5.41) is 6.77. The number of anilines is 1. The lowest BCUT2D eigenvalue weighted by atomic mass is 10.0. The van der Waals surface area contributed by atoms with Crippen LogP contribution in [0.15, 0.2) is 48.5 Å². The molecule has 0 aliphatic heterocycles. The third kappa shape index (κ3) is 6.77. The Labute approximate surface area is 164 Å². The molecule has 2 aromatic carbocycles. The van der Waals surface area contributed by atoms with Gasteiger partial charge < -0.3 is 20.3 Å². The van der Waals surface area contributed by atoms with Crippen LogP contribution in [-0.4, -0.2) is 32.4 Å². The van der Waals surface area contributed by atoms with E-state index in [0.29, 0.717) is 17.3 Å². The van der Waals surface area contributed by atoms with Crippen LogP contribution in [0.2, 0.25) is 0 Å². The second-order valence-electron chi connectivity index (χ2n) is 6.46. The summed E-state index contributed by atoms with van der Waals surface area (Å²) in [5.41, 5.74) is 3.27. The molecule has 27 heavy (non-hydrogen) atoms. The molecule has 146 valence electrons. The van der Waals surface area contributed by atoms with Gasteiger partial charge in [0.05, 0.1) is 20.6 Å². The molecular formula is C20H26F2N3OS+. The number of halogens is 2. The van der Waals surface area contributed by atoms with Gasteiger partial charge in [0.1, 0.15) is 11.8 Å². The molecule has 0 heterocycles. The van der Waals surface area contributed by atoms with Crippen molar-refractivity contribution in [2.45, 2.75) is 26.0 Å². The first-order valence-electron chi connectivity index (χ1n) is 8.87. The smallest absolute Gasteiger partial charge is 0.387 e. The third-order valence-corrected chi connectivity index (χ3v) is 4.54. The van der Waals surface area contributed by atoms with E-state index in [1.54, 1.807) is 12.1 Å². The lowest BCUT2D eigenvalue weighted by molar-refractivity contribution is -0.890. The number of ether oxygens (including phenoxy) is 1. The Morgan fingerprint density at radius 2 is 1.70 bits per heavy atom. The van der Waals surface area contributed by atoms with Crippen molar-refractivity contribution in [2.24, 2.45) is 0 Å². The topological polar surface area (TPSA) is 37.7 Å². The lowest BCUT2D eigenvalue weighted by Crippen LogP contribution is -3.07. The fraction of sp³-hybridized carbons (Fsp3) is 0.350. The minimum atomic E-state index is -2.83. The Morgan fingerprint density at radius 3 is 2.22 bits per heavy atom. The molecule has 0 aliphatic rings. The Balaban J connectivity index is 1.91. The van der Waals surface area contributed by atoms with Crippen LogP contribution in [0, 0.1) is 0 Å². The molecule has 1 atom stereocenters. The molecule has 0 saturated carbocycles. The number of nitrogens with one attached hydrogen (secondary N) is 3. The average molecular weight is 395 g/mol. The normalized spacial score (nSPS) is 12.1. The molecule has 0 saturated heterocycles. The number of likely N-dealkylation sites (N-methyl/N-ethyl adjacent to an activating group) is 1. The molecule has 7 heteroatoms. The van der Waals surface area contributed by atoms with Gasteiger partial charge in [-0.05, 0) is 48.5 Å². The van der Waals surface area contributed by atoms with Crippen LogP contribution < -0.4 is 20.3 Å². The van der Waals surface area contributed by atoms with Crippen molar-refractivity contribution >= 4 is 23.0 Å². The second-order valence-corrected chi connectivity index (χ2v) is 6.87. The van der Waals surface area contributed by atoms with Crippen LogP contribution >= 0.6 is 12.2 Å². The number of hydrogen-bond donors (Lipinski definition) is 3. The van der Waals surface area contributed by atoms with Gasteiger partial charge in [-0.25, -0.2) is 0 Å². The van der Waals surface area contributed by atoms with Crippen LogP contribution in [0.1, 0.15) is 24.1 Å². The minimum Gasteiger partial charge on any atom is -0.435 e. The predicted molar refractivity (Wildman–Crippen MR) is 109 cm³/mol. The van der Waals surface area contributed by atoms with Crippen molar-refractivity contribution in [2.75, 3.05) is 26.0 Å². The highest BCUT2D eigenvalue weighted by molar-refractivity contribution is 7.80. The number of hydrogen-bond acceptors (Lipinski definition) is 2. The van der Waals surface area contributed by atoms with E-state index in [1.807, 2.05) is 0 Å². The van der Waals surface area contributed by atoms with Crippen molar-refractivity contribution in [1.82, 2.24) is 5.32 Å². The summed E-state index contributed by atoms with van der Waals surface area (Å²) in [6.07, 6.45) is 1.02. The summed E-state index contributed by atoms with van der Waals surface area (Å²) in [6.45, 7) is -0.0170. The molecule has 0 amide bonds. The second kappa shape index (κ2) is 10.2. The summed E-state index contributed by atoms with van der Waals surface area (Å²) in [7, 11) is 4.22. The number of alkyl halides is 2. The van der Waals surface area contributed by atoms with E-state index in [0.717, 1.165) is 6.42 Å². The number of rotatable bonds is 8. The van der Waals surface area contributed by atoms with Crippen LogP contribution in [0.5, 0.6) is 5.75 Å². The van der Waals surface area contributed by atoms with Gasteiger partial charge in [-0.2, -0.15) is 8.78 Å². The van der Waals surface area contributed by atoms with Crippen LogP contribution in [-0.2, 0) is 6.42 Å². The van der Waals surface area contributed by atoms with Crippen molar-refractivity contribution in [3.05, 3.63) is 59.7 Å². The largest absolute Gasteiger partial charge is 0.435 e. The van der Waals surface area contributed by atoms with E-state index in [9.17, 15) is 8.78 Å². The quantitative estimate of drug-likeness (QED) is 0.602. The van der Waals surface area contributed by atoms with Crippen LogP contribution in [0.4, 0.5) is 14.5 Å². The first kappa shape index (κ1) is 21.1. The summed E-state index contributed by atoms with van der Waals surface area (Å²) >= 11 is 5.35. The number of quaternary nitrogens is 1. The highest BCUT2D eigenvalue weighted by atomic mass is 32.1. The Hall–Kier alpha value is -2.25. The zero-order valence-electron chi connectivity index (χ0n) is 15.8. The van der Waals surface area contributed by atoms with E-state index in [2.05, 4.69) is 60.7 Å². The van der Waals surface area contributed by atoms with Gasteiger partial charge in [0.15, 0.2) is 5.11 Å². The molecule has 0 aliphatic carbocycles. The first-order valence-corrected chi connectivity index (χ1v) is 9.28. The number of benzene rings is 2. The molecule has 0 radical (unpaired) electrons. The summed E-state index contributed by atoms with van der Waals surface area (Å²) in [4.78, 5) is 1.29. The van der Waals surface area contributed by atoms with Crippen LogP contribution in [0.25, 0.3) is 0 Å². The van der Waals surface area contributed by atoms with E-state index < -0.39 is 6.61 Å². The van der Waals surface area contributed by atoms with Crippen LogP contribution in [0.3, 0.4) is 0 Å². The van der Waals surface area contributed by atoms with Gasteiger partial charge in [-0.1, -0.05) is 31.2 Å². The molecule has 4 nitrogen and oxygen atoms in total. The number of thiocarbonyl (C=S) groups is 1. The fourth-order valence-electron chi connectivity index (χ4n) is 2.73. The van der Waals surface area contributed by atoms with Crippen molar-refractivity contribution in [3.63, 3.8) is 0 Å². The molecule has 2 aromatic rings. The maximum absolute atomic E-state index is 12.2. The minimum absolute atomic E-state index is 0.112. The highest BCUT2D eigenvalue weighted by Gasteiger charge is 2.18. The molecule has 3 N–H and O–H groups in total. The Kier molecular flexibility index (Phi) is 7.94. The highest BCUT2D eigenvalue weighted by Crippen LogP contribution is 2.17. The molecule has 0 spiro atoms. The van der Waals surface area contributed by atoms with Gasteiger partial charge in [0.2, 0.25) is 0 Å². The molecule has 0 unspecified atom stereocenters. The summed E-state index contributed by atoms with van der Waals surface area (Å²) < 4.78 is 28.7. The molecule has 0 fully saturated rings. The molecule has 0 bridgehead atoms. The van der Waals surface area contributed by atoms with Gasteiger partial charge >= 0.3 is 6.61 Å². The summed E-state index contributed by atoms with van der Waals surface area (Å²) in [5.74, 6) is 0.112. The maximum Gasteiger partial charge on any atom is 0.387 e. The third-order valence-electron chi connectivity index (χ3n) is 4.29. The lowest BCUT2D eigenvalue weighted by Gasteiger charge is -2.23. The zero-order chi connectivity index (χ0) is 19.8. The van der Waals surface area contributed by atoms with Gasteiger partial charge in [-0.15, -0.1) is 0 Å². The van der Waals surface area contributed by atoms with Crippen molar-refractivity contribution in [1.29, 1.82) is 0 Å².